The first-order valence-corrected chi connectivity index (χ1v) is 4.43. The molecule has 0 aromatic carbocycles. The highest BCUT2D eigenvalue weighted by molar-refractivity contribution is 5.15. The van der Waals surface area contributed by atoms with E-state index in [0.29, 0.717) is 0 Å². The van der Waals surface area contributed by atoms with Crippen LogP contribution in [0, 0.1) is 0 Å². The largest absolute Gasteiger partial charge is 0.494 e. The smallest absolute Gasteiger partial charge is 0.114 e. The Morgan fingerprint density at radius 1 is 1.42 bits per heavy atom. The highest BCUT2D eigenvalue weighted by Gasteiger charge is 1.96. The van der Waals surface area contributed by atoms with E-state index in [2.05, 4.69) is 25.2 Å². The standard InChI is InChI=1S/C10H16O.CH4/c1-2-3-9-11-10-7-5-4-6-8-10;/h5,7-8H,2-4,6,9H2,1H3;1H4. The summed E-state index contributed by atoms with van der Waals surface area (Å²) in [6, 6.07) is 0. The van der Waals surface area contributed by atoms with Gasteiger partial charge in [0.2, 0.25) is 0 Å². The van der Waals surface area contributed by atoms with E-state index in [4.69, 9.17) is 4.74 Å². The topological polar surface area (TPSA) is 9.23 Å². The fourth-order valence-corrected chi connectivity index (χ4v) is 1.03. The normalized spacial score (nSPS) is 14.9. The Morgan fingerprint density at radius 3 is 2.83 bits per heavy atom. The second-order valence-corrected chi connectivity index (χ2v) is 2.79. The van der Waals surface area contributed by atoms with Crippen LogP contribution in [-0.4, -0.2) is 6.61 Å². The molecule has 0 spiro atoms. The zero-order valence-electron chi connectivity index (χ0n) is 7.18. The van der Waals surface area contributed by atoms with Crippen LogP contribution in [0.15, 0.2) is 24.0 Å². The van der Waals surface area contributed by atoms with Crippen LogP contribution in [0.2, 0.25) is 0 Å². The minimum atomic E-state index is 0. The molecule has 0 amide bonds. The van der Waals surface area contributed by atoms with Gasteiger partial charge >= 0.3 is 0 Å². The summed E-state index contributed by atoms with van der Waals surface area (Å²) in [6.45, 7) is 3.04. The Labute approximate surface area is 76.1 Å². The maximum Gasteiger partial charge on any atom is 0.114 e. The molecule has 0 aromatic heterocycles. The summed E-state index contributed by atoms with van der Waals surface area (Å²) in [4.78, 5) is 0. The number of hydrogen-bond acceptors (Lipinski definition) is 1. The highest BCUT2D eigenvalue weighted by atomic mass is 16.5. The van der Waals surface area contributed by atoms with Gasteiger partial charge < -0.3 is 4.74 Å². The van der Waals surface area contributed by atoms with Gasteiger partial charge in [0.25, 0.3) is 0 Å². The third-order valence-electron chi connectivity index (χ3n) is 1.73. The third-order valence-corrected chi connectivity index (χ3v) is 1.73. The molecule has 0 saturated carbocycles. The van der Waals surface area contributed by atoms with Crippen LogP contribution < -0.4 is 0 Å². The van der Waals surface area contributed by atoms with E-state index in [9.17, 15) is 0 Å². The van der Waals surface area contributed by atoms with Crippen molar-refractivity contribution in [1.29, 1.82) is 0 Å². The zero-order valence-corrected chi connectivity index (χ0v) is 7.18. The van der Waals surface area contributed by atoms with E-state index in [1.807, 2.05) is 0 Å². The van der Waals surface area contributed by atoms with Crippen molar-refractivity contribution in [3.8, 4) is 0 Å². The SMILES string of the molecule is C.CCCCOC1=CCCC=C1. The first-order valence-electron chi connectivity index (χ1n) is 4.43. The molecule has 0 radical (unpaired) electrons. The Morgan fingerprint density at radius 2 is 2.25 bits per heavy atom. The fourth-order valence-electron chi connectivity index (χ4n) is 1.03. The van der Waals surface area contributed by atoms with Crippen molar-refractivity contribution >= 4 is 0 Å². The molecule has 0 saturated heterocycles. The number of rotatable bonds is 4. The van der Waals surface area contributed by atoms with Gasteiger partial charge in [0.05, 0.1) is 6.61 Å². The summed E-state index contributed by atoms with van der Waals surface area (Å²) in [5.74, 6) is 1.06. The zero-order chi connectivity index (χ0) is 7.94. The van der Waals surface area contributed by atoms with Gasteiger partial charge in [-0.15, -0.1) is 0 Å². The van der Waals surface area contributed by atoms with Crippen LogP contribution in [0.5, 0.6) is 0 Å². The van der Waals surface area contributed by atoms with Crippen molar-refractivity contribution in [2.24, 2.45) is 0 Å². The minimum absolute atomic E-state index is 0. The van der Waals surface area contributed by atoms with Gasteiger partial charge in [0, 0.05) is 0 Å². The number of unbranched alkanes of at least 4 members (excludes halogenated alkanes) is 1. The second-order valence-electron chi connectivity index (χ2n) is 2.79. The van der Waals surface area contributed by atoms with Gasteiger partial charge in [-0.3, -0.25) is 0 Å². The van der Waals surface area contributed by atoms with Crippen LogP contribution in [0.4, 0.5) is 0 Å². The molecule has 1 rings (SSSR count). The lowest BCUT2D eigenvalue weighted by Crippen LogP contribution is -1.94. The summed E-state index contributed by atoms with van der Waals surface area (Å²) < 4.78 is 5.50. The average molecular weight is 168 g/mol. The van der Waals surface area contributed by atoms with Crippen molar-refractivity contribution in [1.82, 2.24) is 0 Å². The van der Waals surface area contributed by atoms with E-state index in [-0.39, 0.29) is 7.43 Å². The van der Waals surface area contributed by atoms with Gasteiger partial charge in [-0.1, -0.05) is 26.8 Å². The predicted octanol–water partition coefficient (Wildman–Crippen LogP) is 3.67. The molecule has 0 fully saturated rings. The molecule has 0 N–H and O–H groups in total. The highest BCUT2D eigenvalue weighted by Crippen LogP contribution is 2.10. The first kappa shape index (κ1) is 11.3. The molecular weight excluding hydrogens is 148 g/mol. The van der Waals surface area contributed by atoms with Crippen molar-refractivity contribution in [3.63, 3.8) is 0 Å². The fraction of sp³-hybridized carbons (Fsp3) is 0.636. The molecule has 70 valence electrons. The van der Waals surface area contributed by atoms with E-state index >= 15 is 0 Å². The molecule has 1 nitrogen and oxygen atoms in total. The third kappa shape index (κ3) is 4.22. The number of allylic oxidation sites excluding steroid dienone is 3. The lowest BCUT2D eigenvalue weighted by molar-refractivity contribution is 0.217. The van der Waals surface area contributed by atoms with Gasteiger partial charge in [0.15, 0.2) is 0 Å². The summed E-state index contributed by atoms with van der Waals surface area (Å²) in [6.07, 6.45) is 11.1. The monoisotopic (exact) mass is 168 g/mol. The average Bonchev–Trinajstić information content (AvgIpc) is 2.07. The van der Waals surface area contributed by atoms with Gasteiger partial charge in [0.1, 0.15) is 5.76 Å². The molecule has 1 aliphatic rings. The second kappa shape index (κ2) is 6.96. The molecule has 0 bridgehead atoms. The molecule has 1 aliphatic carbocycles. The van der Waals surface area contributed by atoms with Crippen molar-refractivity contribution in [3.05, 3.63) is 24.0 Å². The quantitative estimate of drug-likeness (QED) is 0.582. The summed E-state index contributed by atoms with van der Waals surface area (Å²) in [7, 11) is 0. The van der Waals surface area contributed by atoms with E-state index in [1.165, 1.54) is 12.8 Å². The van der Waals surface area contributed by atoms with E-state index in [0.717, 1.165) is 25.2 Å². The maximum absolute atomic E-state index is 5.50. The maximum atomic E-state index is 5.50. The molecule has 0 aromatic rings. The predicted molar refractivity (Wildman–Crippen MR) is 54.0 cm³/mol. The minimum Gasteiger partial charge on any atom is -0.494 e. The Bertz CT molecular complexity index is 156. The number of ether oxygens (including phenoxy) is 1. The van der Waals surface area contributed by atoms with Gasteiger partial charge in [-0.25, -0.2) is 0 Å². The molecular formula is C11H20O. The van der Waals surface area contributed by atoms with Crippen LogP contribution >= 0.6 is 0 Å². The lowest BCUT2D eigenvalue weighted by atomic mass is 10.2. The van der Waals surface area contributed by atoms with Crippen LogP contribution in [0.3, 0.4) is 0 Å². The Hall–Kier alpha value is -0.720. The van der Waals surface area contributed by atoms with E-state index < -0.39 is 0 Å². The molecule has 1 heteroatoms. The van der Waals surface area contributed by atoms with Gasteiger partial charge in [-0.2, -0.15) is 0 Å². The number of hydrogen-bond donors (Lipinski definition) is 0. The molecule has 12 heavy (non-hydrogen) atoms. The molecule has 0 unspecified atom stereocenters. The molecule has 0 heterocycles. The summed E-state index contributed by atoms with van der Waals surface area (Å²) in [5, 5.41) is 0. The summed E-state index contributed by atoms with van der Waals surface area (Å²) >= 11 is 0. The van der Waals surface area contributed by atoms with Crippen LogP contribution in [0.25, 0.3) is 0 Å². The van der Waals surface area contributed by atoms with Crippen molar-refractivity contribution in [2.75, 3.05) is 6.61 Å². The van der Waals surface area contributed by atoms with E-state index in [1.54, 1.807) is 0 Å². The lowest BCUT2D eigenvalue weighted by Gasteiger charge is -2.08. The molecule has 0 aliphatic heterocycles. The first-order chi connectivity index (χ1) is 5.43. The van der Waals surface area contributed by atoms with Crippen LogP contribution in [-0.2, 0) is 4.74 Å². The summed E-state index contributed by atoms with van der Waals surface area (Å²) in [5.41, 5.74) is 0. The van der Waals surface area contributed by atoms with Crippen molar-refractivity contribution < 1.29 is 4.74 Å². The van der Waals surface area contributed by atoms with Gasteiger partial charge in [-0.05, 0) is 31.4 Å². The van der Waals surface area contributed by atoms with Crippen LogP contribution in [0.1, 0.15) is 40.0 Å². The Balaban J connectivity index is 0.00000121. The molecule has 0 atom stereocenters. The van der Waals surface area contributed by atoms with Crippen molar-refractivity contribution in [2.45, 2.75) is 40.0 Å². The Kier molecular flexibility index (Phi) is 6.54.